The summed E-state index contributed by atoms with van der Waals surface area (Å²) >= 11 is 0. The number of aromatic hydroxyl groups is 1. The van der Waals surface area contributed by atoms with E-state index in [1.54, 1.807) is 6.07 Å². The summed E-state index contributed by atoms with van der Waals surface area (Å²) in [5.41, 5.74) is 1.86. The molecule has 0 radical (unpaired) electrons. The molecule has 2 N–H and O–H groups in total. The number of carbonyl (C=O) groups excluding carboxylic acids is 1. The van der Waals surface area contributed by atoms with Crippen molar-refractivity contribution < 1.29 is 14.8 Å². The molecule has 0 aliphatic heterocycles. The number of hydrogen-bond acceptors (Lipinski definition) is 5. The smallest absolute Gasteiger partial charge is 0.295 e. The third-order valence-corrected chi connectivity index (χ3v) is 3.56. The molecule has 0 aliphatic carbocycles. The van der Waals surface area contributed by atoms with Gasteiger partial charge in [-0.1, -0.05) is 18.2 Å². The van der Waals surface area contributed by atoms with Crippen LogP contribution in [-0.4, -0.2) is 20.9 Å². The van der Waals surface area contributed by atoms with Crippen molar-refractivity contribution in [1.29, 1.82) is 0 Å². The number of carbonyl (C=O) groups is 1. The van der Waals surface area contributed by atoms with Crippen LogP contribution >= 0.6 is 0 Å². The van der Waals surface area contributed by atoms with Crippen LogP contribution in [0.25, 0.3) is 10.9 Å². The van der Waals surface area contributed by atoms with Crippen LogP contribution in [0.5, 0.6) is 5.88 Å². The molecule has 3 aromatic rings. The van der Waals surface area contributed by atoms with E-state index < -0.39 is 10.8 Å². The van der Waals surface area contributed by atoms with Crippen LogP contribution in [0, 0.1) is 17.0 Å². The van der Waals surface area contributed by atoms with Crippen LogP contribution in [-0.2, 0) is 0 Å². The number of aromatic amines is 1. The van der Waals surface area contributed by atoms with Gasteiger partial charge in [0.2, 0.25) is 5.88 Å². The summed E-state index contributed by atoms with van der Waals surface area (Å²) in [6.45, 7) is 1.88. The zero-order chi connectivity index (χ0) is 17.3. The fourth-order valence-corrected chi connectivity index (χ4v) is 2.32. The van der Waals surface area contributed by atoms with Gasteiger partial charge in [0.1, 0.15) is 0 Å². The zero-order valence-corrected chi connectivity index (χ0v) is 12.6. The number of rotatable bonds is 3. The first-order chi connectivity index (χ1) is 11.5. The number of benzene rings is 2. The Bertz CT molecular complexity index is 974. The van der Waals surface area contributed by atoms with E-state index in [4.69, 9.17) is 0 Å². The Morgan fingerprint density at radius 2 is 1.92 bits per heavy atom. The summed E-state index contributed by atoms with van der Waals surface area (Å²) in [4.78, 5) is 24.9. The largest absolute Gasteiger partial charge is 0.493 e. The molecule has 0 aliphatic rings. The van der Waals surface area contributed by atoms with Crippen molar-refractivity contribution >= 4 is 28.2 Å². The maximum atomic E-state index is 12.0. The molecule has 1 heterocycles. The summed E-state index contributed by atoms with van der Waals surface area (Å²) in [7, 11) is 0. The number of amides is 1. The average Bonchev–Trinajstić information content (AvgIpc) is 2.90. The third-order valence-electron chi connectivity index (χ3n) is 3.56. The van der Waals surface area contributed by atoms with Gasteiger partial charge in [0, 0.05) is 23.1 Å². The zero-order valence-electron chi connectivity index (χ0n) is 12.6. The number of nitro benzene ring substituents is 1. The molecule has 0 atom stereocenters. The molecule has 24 heavy (non-hydrogen) atoms. The highest BCUT2D eigenvalue weighted by molar-refractivity contribution is 5.97. The van der Waals surface area contributed by atoms with E-state index in [1.807, 2.05) is 19.1 Å². The van der Waals surface area contributed by atoms with Crippen LogP contribution in [0.2, 0.25) is 0 Å². The molecule has 3 rings (SSSR count). The van der Waals surface area contributed by atoms with Crippen LogP contribution in [0.1, 0.15) is 15.9 Å². The molecule has 0 saturated carbocycles. The summed E-state index contributed by atoms with van der Waals surface area (Å²) in [5.74, 6) is -0.842. The van der Waals surface area contributed by atoms with Crippen LogP contribution in [0.15, 0.2) is 52.7 Å². The number of nitrogens with one attached hydrogen (secondary N) is 1. The fourth-order valence-electron chi connectivity index (χ4n) is 2.32. The molecular weight excluding hydrogens is 312 g/mol. The second-order valence-electron chi connectivity index (χ2n) is 5.13. The minimum atomic E-state index is -0.661. The number of hydrogen-bond donors (Lipinski definition) is 2. The Labute approximate surface area is 135 Å². The average molecular weight is 324 g/mol. The van der Waals surface area contributed by atoms with Crippen LogP contribution in [0.4, 0.5) is 11.4 Å². The Morgan fingerprint density at radius 1 is 1.21 bits per heavy atom. The van der Waals surface area contributed by atoms with E-state index in [0.717, 1.165) is 5.56 Å². The molecule has 2 aromatic carbocycles. The van der Waals surface area contributed by atoms with Gasteiger partial charge in [-0.3, -0.25) is 14.9 Å². The van der Waals surface area contributed by atoms with E-state index in [-0.39, 0.29) is 22.8 Å². The second kappa shape index (κ2) is 5.92. The quantitative estimate of drug-likeness (QED) is 0.429. The molecular formula is C16H12N4O4. The van der Waals surface area contributed by atoms with Crippen molar-refractivity contribution in [2.24, 2.45) is 10.2 Å². The van der Waals surface area contributed by atoms with Gasteiger partial charge in [0.05, 0.1) is 10.4 Å². The molecule has 0 spiro atoms. The summed E-state index contributed by atoms with van der Waals surface area (Å²) in [5, 5.41) is 28.6. The number of para-hydroxylation sites is 1. The van der Waals surface area contributed by atoms with Crippen molar-refractivity contribution in [1.82, 2.24) is 4.98 Å². The predicted molar refractivity (Wildman–Crippen MR) is 86.6 cm³/mol. The number of nitro groups is 1. The topological polar surface area (TPSA) is 121 Å². The molecule has 8 heteroatoms. The van der Waals surface area contributed by atoms with Gasteiger partial charge in [-0.2, -0.15) is 0 Å². The number of aromatic nitrogens is 1. The van der Waals surface area contributed by atoms with Gasteiger partial charge >= 0.3 is 0 Å². The van der Waals surface area contributed by atoms with Crippen LogP contribution in [0.3, 0.4) is 0 Å². The SMILES string of the molecule is Cc1cccc2c(N=NC(=O)c3ccc([N+](=O)[O-])cc3)c(O)[nH]c12. The van der Waals surface area contributed by atoms with E-state index in [2.05, 4.69) is 15.2 Å². The Morgan fingerprint density at radius 3 is 2.58 bits per heavy atom. The summed E-state index contributed by atoms with van der Waals surface area (Å²) < 4.78 is 0. The van der Waals surface area contributed by atoms with Gasteiger partial charge in [-0.05, 0) is 24.6 Å². The standard InChI is InChI=1S/C16H12N4O4/c1-9-3-2-4-12-13(9)17-16(22)14(12)18-19-15(21)10-5-7-11(8-6-10)20(23)24/h2-8,17,22H,1H3. The Hall–Kier alpha value is -3.55. The third kappa shape index (κ3) is 2.72. The molecule has 1 amide bonds. The minimum Gasteiger partial charge on any atom is -0.493 e. The van der Waals surface area contributed by atoms with Crippen molar-refractivity contribution in [2.45, 2.75) is 6.92 Å². The number of fused-ring (bicyclic) bond motifs is 1. The Balaban J connectivity index is 1.90. The van der Waals surface area contributed by atoms with Gasteiger partial charge < -0.3 is 10.1 Å². The normalized spacial score (nSPS) is 11.2. The molecule has 0 unspecified atom stereocenters. The van der Waals surface area contributed by atoms with Gasteiger partial charge in [0.25, 0.3) is 11.6 Å². The second-order valence-corrected chi connectivity index (χ2v) is 5.13. The number of non-ortho nitro benzene ring substituents is 1. The monoisotopic (exact) mass is 324 g/mol. The van der Waals surface area contributed by atoms with E-state index in [0.29, 0.717) is 10.9 Å². The molecule has 0 fully saturated rings. The summed E-state index contributed by atoms with van der Waals surface area (Å²) in [6.07, 6.45) is 0. The lowest BCUT2D eigenvalue weighted by Crippen LogP contribution is -1.94. The molecule has 0 saturated heterocycles. The van der Waals surface area contributed by atoms with Gasteiger partial charge in [-0.25, -0.2) is 0 Å². The van der Waals surface area contributed by atoms with Crippen molar-refractivity contribution in [2.75, 3.05) is 0 Å². The van der Waals surface area contributed by atoms with Crippen molar-refractivity contribution in [3.05, 3.63) is 63.7 Å². The molecule has 8 nitrogen and oxygen atoms in total. The highest BCUT2D eigenvalue weighted by Crippen LogP contribution is 2.36. The number of azo groups is 1. The number of nitrogens with zero attached hydrogens (tertiary/aromatic N) is 3. The lowest BCUT2D eigenvalue weighted by atomic mass is 10.1. The molecule has 0 bridgehead atoms. The van der Waals surface area contributed by atoms with Gasteiger partial charge in [0.15, 0.2) is 5.69 Å². The Kier molecular flexibility index (Phi) is 3.78. The first-order valence-electron chi connectivity index (χ1n) is 6.98. The van der Waals surface area contributed by atoms with Crippen molar-refractivity contribution in [3.8, 4) is 5.88 Å². The fraction of sp³-hybridized carbons (Fsp3) is 0.0625. The highest BCUT2D eigenvalue weighted by Gasteiger charge is 2.13. The number of aryl methyl sites for hydroxylation is 1. The maximum Gasteiger partial charge on any atom is 0.295 e. The lowest BCUT2D eigenvalue weighted by Gasteiger charge is -1.95. The molecule has 120 valence electrons. The van der Waals surface area contributed by atoms with Crippen molar-refractivity contribution in [3.63, 3.8) is 0 Å². The lowest BCUT2D eigenvalue weighted by molar-refractivity contribution is -0.384. The van der Waals surface area contributed by atoms with Crippen LogP contribution < -0.4 is 0 Å². The van der Waals surface area contributed by atoms with Gasteiger partial charge in [-0.15, -0.1) is 10.2 Å². The first-order valence-corrected chi connectivity index (χ1v) is 6.98. The molecule has 1 aromatic heterocycles. The predicted octanol–water partition coefficient (Wildman–Crippen LogP) is 4.01. The van der Waals surface area contributed by atoms with E-state index in [1.165, 1.54) is 24.3 Å². The van der Waals surface area contributed by atoms with E-state index >= 15 is 0 Å². The summed E-state index contributed by atoms with van der Waals surface area (Å²) in [6, 6.07) is 10.5. The maximum absolute atomic E-state index is 12.0. The number of H-pyrrole nitrogens is 1. The van der Waals surface area contributed by atoms with E-state index in [9.17, 15) is 20.0 Å². The highest BCUT2D eigenvalue weighted by atomic mass is 16.6. The first kappa shape index (κ1) is 15.3. The minimum absolute atomic E-state index is 0.117.